The second-order valence-corrected chi connectivity index (χ2v) is 9.42. The van der Waals surface area contributed by atoms with Gasteiger partial charge in [0.05, 0.1) is 17.7 Å². The van der Waals surface area contributed by atoms with Crippen molar-refractivity contribution in [2.45, 2.75) is 10.9 Å². The number of halogens is 1. The van der Waals surface area contributed by atoms with E-state index in [2.05, 4.69) is 15.5 Å². The Morgan fingerprint density at radius 3 is 2.64 bits per heavy atom. The topological polar surface area (TPSA) is 63.6 Å². The smallest absolute Gasteiger partial charge is 0.250 e. The number of nitrogens with zero attached hydrogens (tertiary/aromatic N) is 2. The first kappa shape index (κ1) is 23.0. The highest BCUT2D eigenvalue weighted by Crippen LogP contribution is 2.28. The Morgan fingerprint density at radius 2 is 1.82 bits per heavy atom. The number of rotatable bonds is 9. The van der Waals surface area contributed by atoms with E-state index in [1.807, 2.05) is 84.2 Å². The number of amides is 1. The zero-order valence-electron chi connectivity index (χ0n) is 17.5. The molecule has 0 fully saturated rings. The van der Waals surface area contributed by atoms with Crippen LogP contribution in [0.25, 0.3) is 11.3 Å². The van der Waals surface area contributed by atoms with Crippen LogP contribution in [0, 0.1) is 0 Å². The Bertz CT molecular complexity index is 1230. The molecule has 5 nitrogen and oxygen atoms in total. The third-order valence-electron chi connectivity index (χ3n) is 4.50. The van der Waals surface area contributed by atoms with Crippen molar-refractivity contribution in [1.82, 2.24) is 10.4 Å². The van der Waals surface area contributed by atoms with Crippen LogP contribution in [0.15, 0.2) is 93.7 Å². The molecular weight excluding hydrogens is 474 g/mol. The summed E-state index contributed by atoms with van der Waals surface area (Å²) in [7, 11) is 0. The molecule has 0 aliphatic carbocycles. The van der Waals surface area contributed by atoms with E-state index in [1.165, 1.54) is 23.1 Å². The van der Waals surface area contributed by atoms with Crippen LogP contribution in [0.5, 0.6) is 5.75 Å². The van der Waals surface area contributed by atoms with Gasteiger partial charge in [-0.15, -0.1) is 11.3 Å². The second kappa shape index (κ2) is 11.7. The number of benzene rings is 3. The van der Waals surface area contributed by atoms with Gasteiger partial charge in [-0.1, -0.05) is 78.0 Å². The van der Waals surface area contributed by atoms with Crippen LogP contribution >= 0.6 is 34.7 Å². The lowest BCUT2D eigenvalue weighted by atomic mass is 10.2. The molecule has 1 aromatic heterocycles. The average Bonchev–Trinajstić information content (AvgIpc) is 3.33. The molecule has 0 saturated heterocycles. The number of carbonyl (C=O) groups is 1. The van der Waals surface area contributed by atoms with Crippen molar-refractivity contribution in [3.05, 3.63) is 100 Å². The molecule has 3 aromatic carbocycles. The van der Waals surface area contributed by atoms with Gasteiger partial charge in [-0.05, 0) is 29.8 Å². The number of hydrogen-bond donors (Lipinski definition) is 1. The molecule has 1 amide bonds. The quantitative estimate of drug-likeness (QED) is 0.169. The molecule has 0 unspecified atom stereocenters. The van der Waals surface area contributed by atoms with Gasteiger partial charge in [0.1, 0.15) is 12.4 Å². The predicted octanol–water partition coefficient (Wildman–Crippen LogP) is 6.28. The molecule has 8 heteroatoms. The molecule has 0 bridgehead atoms. The number of nitrogens with one attached hydrogen (secondary N) is 1. The summed E-state index contributed by atoms with van der Waals surface area (Å²) in [6.07, 6.45) is 1.58. The molecule has 1 N–H and O–H groups in total. The van der Waals surface area contributed by atoms with Crippen LogP contribution in [-0.2, 0) is 11.4 Å². The van der Waals surface area contributed by atoms with Crippen molar-refractivity contribution in [1.29, 1.82) is 0 Å². The lowest BCUT2D eigenvalue weighted by Gasteiger charge is -2.09. The molecule has 4 aromatic rings. The molecule has 33 heavy (non-hydrogen) atoms. The van der Waals surface area contributed by atoms with Crippen LogP contribution in [0.3, 0.4) is 0 Å². The fourth-order valence-corrected chi connectivity index (χ4v) is 4.61. The highest BCUT2D eigenvalue weighted by molar-refractivity contribution is 8.01. The molecule has 1 heterocycles. The van der Waals surface area contributed by atoms with Crippen LogP contribution in [0.1, 0.15) is 11.1 Å². The zero-order valence-corrected chi connectivity index (χ0v) is 19.9. The van der Waals surface area contributed by atoms with E-state index in [0.717, 1.165) is 26.7 Å². The first-order valence-corrected chi connectivity index (χ1v) is 12.3. The number of hydrazone groups is 1. The largest absolute Gasteiger partial charge is 0.488 e. The van der Waals surface area contributed by atoms with Crippen LogP contribution < -0.4 is 10.2 Å². The van der Waals surface area contributed by atoms with Crippen LogP contribution in [0.2, 0.25) is 5.02 Å². The molecule has 0 atom stereocenters. The second-order valence-electron chi connectivity index (χ2n) is 6.90. The van der Waals surface area contributed by atoms with Crippen molar-refractivity contribution in [3.63, 3.8) is 0 Å². The zero-order chi connectivity index (χ0) is 22.9. The van der Waals surface area contributed by atoms with E-state index >= 15 is 0 Å². The summed E-state index contributed by atoms with van der Waals surface area (Å²) in [5.41, 5.74) is 6.32. The number of carbonyl (C=O) groups excluding carboxylic acids is 1. The summed E-state index contributed by atoms with van der Waals surface area (Å²) in [6, 6.07) is 25.0. The minimum atomic E-state index is -0.202. The van der Waals surface area contributed by atoms with Gasteiger partial charge in [-0.2, -0.15) is 5.10 Å². The van der Waals surface area contributed by atoms with Crippen molar-refractivity contribution >= 4 is 46.8 Å². The SMILES string of the molecule is O=C(CSc1nc(-c2ccccc2)cs1)N/N=C/c1ccccc1OCc1ccc(Cl)cc1. The maximum atomic E-state index is 12.2. The summed E-state index contributed by atoms with van der Waals surface area (Å²) in [6.45, 7) is 0.407. The van der Waals surface area contributed by atoms with Crippen LogP contribution in [-0.4, -0.2) is 22.9 Å². The van der Waals surface area contributed by atoms with Crippen molar-refractivity contribution in [2.24, 2.45) is 5.10 Å². The summed E-state index contributed by atoms with van der Waals surface area (Å²) in [4.78, 5) is 16.8. The fourth-order valence-electron chi connectivity index (χ4n) is 2.86. The maximum absolute atomic E-state index is 12.2. The standard InChI is InChI=1S/C25H20ClN3O2S2/c26-21-12-10-18(11-13-21)15-31-23-9-5-4-8-20(23)14-27-29-24(30)17-33-25-28-22(16-32-25)19-6-2-1-3-7-19/h1-14,16H,15,17H2,(H,29,30)/b27-14+. The molecule has 0 aliphatic rings. The average molecular weight is 494 g/mol. The van der Waals surface area contributed by atoms with E-state index in [0.29, 0.717) is 17.4 Å². The fraction of sp³-hybridized carbons (Fsp3) is 0.0800. The number of hydrogen-bond acceptors (Lipinski definition) is 6. The van der Waals surface area contributed by atoms with E-state index in [4.69, 9.17) is 16.3 Å². The van der Waals surface area contributed by atoms with E-state index in [1.54, 1.807) is 6.21 Å². The summed E-state index contributed by atoms with van der Waals surface area (Å²) >= 11 is 8.83. The molecular formula is C25H20ClN3O2S2. The number of thiazole rings is 1. The van der Waals surface area contributed by atoms with Gasteiger partial charge in [0, 0.05) is 21.5 Å². The lowest BCUT2D eigenvalue weighted by molar-refractivity contribution is -0.118. The van der Waals surface area contributed by atoms with Crippen LogP contribution in [0.4, 0.5) is 0 Å². The summed E-state index contributed by atoms with van der Waals surface area (Å²) in [5, 5.41) is 6.76. The van der Waals surface area contributed by atoms with Gasteiger partial charge >= 0.3 is 0 Å². The number of thioether (sulfide) groups is 1. The Kier molecular flexibility index (Phi) is 8.14. The molecule has 0 radical (unpaired) electrons. The van der Waals surface area contributed by atoms with Gasteiger partial charge in [0.15, 0.2) is 4.34 Å². The van der Waals surface area contributed by atoms with E-state index in [9.17, 15) is 4.79 Å². The maximum Gasteiger partial charge on any atom is 0.250 e. The lowest BCUT2D eigenvalue weighted by Crippen LogP contribution is -2.19. The van der Waals surface area contributed by atoms with E-state index < -0.39 is 0 Å². The normalized spacial score (nSPS) is 10.9. The van der Waals surface area contributed by atoms with Gasteiger partial charge in [-0.3, -0.25) is 4.79 Å². The van der Waals surface area contributed by atoms with Crippen molar-refractivity contribution in [2.75, 3.05) is 5.75 Å². The summed E-state index contributed by atoms with van der Waals surface area (Å²) in [5.74, 6) is 0.705. The third kappa shape index (κ3) is 6.92. The number of para-hydroxylation sites is 1. The predicted molar refractivity (Wildman–Crippen MR) is 136 cm³/mol. The first-order chi connectivity index (χ1) is 16.2. The Balaban J connectivity index is 1.27. The molecule has 0 spiro atoms. The first-order valence-electron chi connectivity index (χ1n) is 10.1. The monoisotopic (exact) mass is 493 g/mol. The molecule has 166 valence electrons. The Labute approximate surface area is 205 Å². The minimum absolute atomic E-state index is 0.202. The molecule has 0 aliphatic heterocycles. The highest BCUT2D eigenvalue weighted by atomic mass is 35.5. The number of aromatic nitrogens is 1. The van der Waals surface area contributed by atoms with Gasteiger partial charge < -0.3 is 4.74 Å². The third-order valence-corrected chi connectivity index (χ3v) is 6.77. The van der Waals surface area contributed by atoms with E-state index in [-0.39, 0.29) is 11.7 Å². The minimum Gasteiger partial charge on any atom is -0.488 e. The van der Waals surface area contributed by atoms with Gasteiger partial charge in [-0.25, -0.2) is 10.4 Å². The Hall–Kier alpha value is -3.13. The highest BCUT2D eigenvalue weighted by Gasteiger charge is 2.08. The molecule has 4 rings (SSSR count). The van der Waals surface area contributed by atoms with Gasteiger partial charge in [0.25, 0.3) is 5.91 Å². The van der Waals surface area contributed by atoms with Crippen molar-refractivity contribution < 1.29 is 9.53 Å². The van der Waals surface area contributed by atoms with Crippen molar-refractivity contribution in [3.8, 4) is 17.0 Å². The summed E-state index contributed by atoms with van der Waals surface area (Å²) < 4.78 is 6.75. The Morgan fingerprint density at radius 1 is 1.06 bits per heavy atom. The number of ether oxygens (including phenoxy) is 1. The molecule has 0 saturated carbocycles. The van der Waals surface area contributed by atoms with Gasteiger partial charge in [0.2, 0.25) is 0 Å².